The smallest absolute Gasteiger partial charge is 0.266 e. The molecule has 0 fully saturated rings. The standard InChI is InChI=1S/C30H32ClNO5S/c1-3-5-16-35-24-14-15-25(38-29-26(33)22-13-12-21(31)18-23(22)32-30(29)34)28(36-17-6-4-2)27(24)37-19-20-10-8-7-9-11-20/h7-15,18H,3-6,16-17,19H2,1-2H3,(H2,32,33,34). The third kappa shape index (κ3) is 6.77. The van der Waals surface area contributed by atoms with Gasteiger partial charge < -0.3 is 24.3 Å². The molecule has 0 unspecified atom stereocenters. The molecule has 0 aliphatic heterocycles. The highest BCUT2D eigenvalue weighted by Gasteiger charge is 2.22. The fourth-order valence-electron chi connectivity index (χ4n) is 3.81. The second kappa shape index (κ2) is 13.5. The average Bonchev–Trinajstić information content (AvgIpc) is 2.92. The van der Waals surface area contributed by atoms with E-state index in [-0.39, 0.29) is 10.6 Å². The van der Waals surface area contributed by atoms with E-state index < -0.39 is 5.56 Å². The number of pyridine rings is 1. The molecular weight excluding hydrogens is 522 g/mol. The van der Waals surface area contributed by atoms with Crippen molar-refractivity contribution >= 4 is 34.3 Å². The Labute approximate surface area is 231 Å². The minimum atomic E-state index is -0.420. The number of halogens is 1. The maximum absolute atomic E-state index is 13.0. The summed E-state index contributed by atoms with van der Waals surface area (Å²) in [6.07, 6.45) is 3.73. The fourth-order valence-corrected chi connectivity index (χ4v) is 4.93. The maximum atomic E-state index is 13.0. The predicted octanol–water partition coefficient (Wildman–Crippen LogP) is 7.98. The second-order valence-electron chi connectivity index (χ2n) is 8.82. The van der Waals surface area contributed by atoms with E-state index in [1.165, 1.54) is 0 Å². The summed E-state index contributed by atoms with van der Waals surface area (Å²) in [5, 5.41) is 12.0. The first-order chi connectivity index (χ1) is 18.5. The lowest BCUT2D eigenvalue weighted by molar-refractivity contribution is 0.230. The van der Waals surface area contributed by atoms with Crippen molar-refractivity contribution in [2.45, 2.75) is 55.9 Å². The molecule has 0 aliphatic carbocycles. The Hall–Kier alpha value is -3.29. The quantitative estimate of drug-likeness (QED) is 0.163. The number of hydrogen-bond donors (Lipinski definition) is 2. The lowest BCUT2D eigenvalue weighted by Gasteiger charge is -2.20. The average molecular weight is 554 g/mol. The number of aromatic hydroxyl groups is 1. The molecule has 0 saturated carbocycles. The van der Waals surface area contributed by atoms with Crippen molar-refractivity contribution in [2.75, 3.05) is 13.2 Å². The number of hydrogen-bond acceptors (Lipinski definition) is 6. The van der Waals surface area contributed by atoms with E-state index in [9.17, 15) is 9.90 Å². The van der Waals surface area contributed by atoms with Gasteiger partial charge in [0.2, 0.25) is 5.75 Å². The van der Waals surface area contributed by atoms with Gasteiger partial charge in [-0.2, -0.15) is 0 Å². The maximum Gasteiger partial charge on any atom is 0.266 e. The molecule has 4 aromatic rings. The van der Waals surface area contributed by atoms with Gasteiger partial charge in [-0.3, -0.25) is 4.79 Å². The van der Waals surface area contributed by atoms with Crippen molar-refractivity contribution in [1.82, 2.24) is 4.98 Å². The first-order valence-electron chi connectivity index (χ1n) is 12.8. The van der Waals surface area contributed by atoms with Gasteiger partial charge in [-0.15, -0.1) is 0 Å². The number of aromatic amines is 1. The van der Waals surface area contributed by atoms with Crippen LogP contribution in [-0.2, 0) is 6.61 Å². The zero-order valence-electron chi connectivity index (χ0n) is 21.6. The van der Waals surface area contributed by atoms with E-state index in [4.69, 9.17) is 25.8 Å². The zero-order valence-corrected chi connectivity index (χ0v) is 23.2. The lowest BCUT2D eigenvalue weighted by Crippen LogP contribution is -2.09. The topological polar surface area (TPSA) is 80.8 Å². The molecular formula is C30H32ClNO5S. The van der Waals surface area contributed by atoms with Crippen LogP contribution in [0.4, 0.5) is 0 Å². The van der Waals surface area contributed by atoms with E-state index in [1.807, 2.05) is 42.5 Å². The molecule has 2 N–H and O–H groups in total. The van der Waals surface area contributed by atoms with Crippen LogP contribution in [0.1, 0.15) is 45.1 Å². The van der Waals surface area contributed by atoms with Crippen molar-refractivity contribution in [3.8, 4) is 23.0 Å². The van der Waals surface area contributed by atoms with Gasteiger partial charge >= 0.3 is 0 Å². The van der Waals surface area contributed by atoms with Gasteiger partial charge in [-0.05, 0) is 48.7 Å². The molecule has 0 aliphatic rings. The van der Waals surface area contributed by atoms with Crippen molar-refractivity contribution in [3.63, 3.8) is 0 Å². The molecule has 4 rings (SSSR count). The first-order valence-corrected chi connectivity index (χ1v) is 14.0. The number of aromatic nitrogens is 1. The van der Waals surface area contributed by atoms with E-state index in [1.54, 1.807) is 18.2 Å². The third-order valence-electron chi connectivity index (χ3n) is 5.88. The SMILES string of the molecule is CCCCOc1ccc(Sc2c(O)c3ccc(Cl)cc3[nH]c2=O)c(OCCCC)c1OCc1ccccc1. The number of ether oxygens (including phenoxy) is 3. The molecule has 0 spiro atoms. The van der Waals surface area contributed by atoms with Crippen LogP contribution in [0.5, 0.6) is 23.0 Å². The van der Waals surface area contributed by atoms with Crippen molar-refractivity contribution in [2.24, 2.45) is 0 Å². The van der Waals surface area contributed by atoms with Gasteiger partial charge in [0.15, 0.2) is 11.5 Å². The molecule has 38 heavy (non-hydrogen) atoms. The summed E-state index contributed by atoms with van der Waals surface area (Å²) in [7, 11) is 0. The molecule has 3 aromatic carbocycles. The molecule has 0 atom stereocenters. The molecule has 0 radical (unpaired) electrons. The van der Waals surface area contributed by atoms with Crippen molar-refractivity contribution < 1.29 is 19.3 Å². The Balaban J connectivity index is 1.77. The van der Waals surface area contributed by atoms with E-state index in [0.717, 1.165) is 43.0 Å². The summed E-state index contributed by atoms with van der Waals surface area (Å²) < 4.78 is 18.7. The molecule has 0 amide bonds. The summed E-state index contributed by atoms with van der Waals surface area (Å²) >= 11 is 7.20. The normalized spacial score (nSPS) is 11.0. The highest BCUT2D eigenvalue weighted by molar-refractivity contribution is 7.99. The minimum absolute atomic E-state index is 0.111. The second-order valence-corrected chi connectivity index (χ2v) is 10.3. The van der Waals surface area contributed by atoms with Gasteiger partial charge in [0.1, 0.15) is 17.3 Å². The number of H-pyrrole nitrogens is 1. The van der Waals surface area contributed by atoms with Crippen LogP contribution in [0.3, 0.4) is 0 Å². The number of unbranched alkanes of at least 4 members (excludes halogenated alkanes) is 2. The first kappa shape index (κ1) is 27.7. The lowest BCUT2D eigenvalue weighted by atomic mass is 10.2. The van der Waals surface area contributed by atoms with E-state index in [2.05, 4.69) is 18.8 Å². The Morgan fingerprint density at radius 2 is 1.63 bits per heavy atom. The Kier molecular flexibility index (Phi) is 9.85. The number of rotatable bonds is 13. The van der Waals surface area contributed by atoms with Gasteiger partial charge in [0.05, 0.1) is 23.6 Å². The van der Waals surface area contributed by atoms with Gasteiger partial charge in [-0.25, -0.2) is 0 Å². The molecule has 6 nitrogen and oxygen atoms in total. The minimum Gasteiger partial charge on any atom is -0.506 e. The monoisotopic (exact) mass is 553 g/mol. The molecule has 0 saturated heterocycles. The number of fused-ring (bicyclic) bond motifs is 1. The van der Waals surface area contributed by atoms with Crippen LogP contribution in [0.2, 0.25) is 5.02 Å². The largest absolute Gasteiger partial charge is 0.506 e. The number of benzene rings is 3. The Morgan fingerprint density at radius 1 is 0.895 bits per heavy atom. The summed E-state index contributed by atoms with van der Waals surface area (Å²) in [4.78, 5) is 16.6. The highest BCUT2D eigenvalue weighted by Crippen LogP contribution is 2.48. The van der Waals surface area contributed by atoms with Gasteiger partial charge in [0, 0.05) is 10.4 Å². The summed E-state index contributed by atoms with van der Waals surface area (Å²) in [5.74, 6) is 1.44. The van der Waals surface area contributed by atoms with Gasteiger partial charge in [-0.1, -0.05) is 80.4 Å². The zero-order chi connectivity index (χ0) is 26.9. The van der Waals surface area contributed by atoms with Crippen LogP contribution >= 0.6 is 23.4 Å². The fraction of sp³-hybridized carbons (Fsp3) is 0.300. The summed E-state index contributed by atoms with van der Waals surface area (Å²) in [5.41, 5.74) is 1.05. The van der Waals surface area contributed by atoms with Crippen LogP contribution in [0.15, 0.2) is 75.2 Å². The predicted molar refractivity (Wildman–Crippen MR) is 153 cm³/mol. The van der Waals surface area contributed by atoms with Gasteiger partial charge in [0.25, 0.3) is 5.56 Å². The Bertz CT molecular complexity index is 1420. The molecule has 8 heteroatoms. The van der Waals surface area contributed by atoms with E-state index in [0.29, 0.717) is 57.9 Å². The molecule has 1 heterocycles. The summed E-state index contributed by atoms with van der Waals surface area (Å²) in [6.45, 7) is 5.55. The molecule has 1 aromatic heterocycles. The van der Waals surface area contributed by atoms with Crippen LogP contribution in [0.25, 0.3) is 10.9 Å². The van der Waals surface area contributed by atoms with Crippen LogP contribution in [-0.4, -0.2) is 23.3 Å². The highest BCUT2D eigenvalue weighted by atomic mass is 35.5. The van der Waals surface area contributed by atoms with Crippen LogP contribution < -0.4 is 19.8 Å². The van der Waals surface area contributed by atoms with Crippen LogP contribution in [0, 0.1) is 0 Å². The number of nitrogens with one attached hydrogen (secondary N) is 1. The Morgan fingerprint density at radius 3 is 2.37 bits per heavy atom. The van der Waals surface area contributed by atoms with E-state index >= 15 is 0 Å². The molecule has 200 valence electrons. The third-order valence-corrected chi connectivity index (χ3v) is 7.24. The van der Waals surface area contributed by atoms with Crippen molar-refractivity contribution in [3.05, 3.63) is 81.6 Å². The summed E-state index contributed by atoms with van der Waals surface area (Å²) in [6, 6.07) is 18.5. The van der Waals surface area contributed by atoms with Crippen molar-refractivity contribution in [1.29, 1.82) is 0 Å². The molecule has 0 bridgehead atoms.